The number of fused-ring (bicyclic) bond motifs is 1. The largest absolute Gasteiger partial charge is 0.481 e. The lowest BCUT2D eigenvalue weighted by Gasteiger charge is -2.02. The van der Waals surface area contributed by atoms with Crippen LogP contribution in [0.15, 0.2) is 29.6 Å². The van der Waals surface area contributed by atoms with E-state index in [0.29, 0.717) is 12.8 Å². The number of carboxylic acids is 1. The topological polar surface area (TPSA) is 76.0 Å². The van der Waals surface area contributed by atoms with Crippen LogP contribution in [0.1, 0.15) is 30.0 Å². The van der Waals surface area contributed by atoms with Crippen molar-refractivity contribution in [1.29, 1.82) is 0 Å². The van der Waals surface area contributed by atoms with Gasteiger partial charge < -0.3 is 5.11 Å². The monoisotopic (exact) mass is 331 g/mol. The number of benzene rings is 1. The maximum atomic E-state index is 10.7. The van der Waals surface area contributed by atoms with Gasteiger partial charge in [0.25, 0.3) is 0 Å². The van der Waals surface area contributed by atoms with Crippen molar-refractivity contribution in [2.45, 2.75) is 19.3 Å². The first kappa shape index (κ1) is 14.8. The summed E-state index contributed by atoms with van der Waals surface area (Å²) in [7, 11) is 0. The van der Waals surface area contributed by atoms with Crippen molar-refractivity contribution in [3.05, 3.63) is 40.3 Å². The molecule has 0 aliphatic rings. The van der Waals surface area contributed by atoms with Gasteiger partial charge in [-0.2, -0.15) is 0 Å². The van der Waals surface area contributed by atoms with Crippen molar-refractivity contribution in [3.8, 4) is 0 Å². The molecule has 3 rings (SSSR count). The van der Waals surface area contributed by atoms with E-state index in [4.69, 9.17) is 5.11 Å². The van der Waals surface area contributed by atoms with Crippen molar-refractivity contribution in [2.75, 3.05) is 0 Å². The van der Waals surface area contributed by atoms with E-state index in [1.54, 1.807) is 11.3 Å². The molecule has 0 aliphatic carbocycles. The maximum Gasteiger partial charge on any atom is 0.303 e. The van der Waals surface area contributed by atoms with Crippen LogP contribution in [0.25, 0.3) is 21.9 Å². The fraction of sp³-hybridized carbons (Fsp3) is 0.200. The molecular weight excluding hydrogens is 318 g/mol. The van der Waals surface area contributed by atoms with Crippen LogP contribution in [-0.4, -0.2) is 25.6 Å². The Kier molecular flexibility index (Phi) is 4.55. The van der Waals surface area contributed by atoms with Gasteiger partial charge in [-0.15, -0.1) is 16.4 Å². The highest BCUT2D eigenvalue weighted by Crippen LogP contribution is 2.31. The molecule has 0 atom stereocenters. The molecule has 112 valence electrons. The Morgan fingerprint density at radius 1 is 1.27 bits per heavy atom. The first-order valence-electron chi connectivity index (χ1n) is 6.78. The number of carboxylic acid groups (broad SMARTS) is 1. The summed E-state index contributed by atoms with van der Waals surface area (Å²) in [5.41, 5.74) is 2.76. The van der Waals surface area contributed by atoms with Gasteiger partial charge in [0.15, 0.2) is 0 Å². The molecule has 0 saturated heterocycles. The number of nitrogens with zero attached hydrogens (tertiary/aromatic N) is 3. The highest BCUT2D eigenvalue weighted by atomic mass is 32.1. The third kappa shape index (κ3) is 3.55. The molecule has 0 aliphatic heterocycles. The molecular formula is C15H13N3O2S2. The summed E-state index contributed by atoms with van der Waals surface area (Å²) in [5, 5.41) is 15.6. The van der Waals surface area contributed by atoms with E-state index in [2.05, 4.69) is 14.6 Å². The number of rotatable bonds is 6. The zero-order chi connectivity index (χ0) is 15.4. The molecule has 7 heteroatoms. The molecule has 1 aromatic carbocycles. The number of aromatic nitrogens is 3. The zero-order valence-corrected chi connectivity index (χ0v) is 13.2. The molecule has 0 saturated carbocycles. The molecule has 22 heavy (non-hydrogen) atoms. The molecule has 0 radical (unpaired) electrons. The molecule has 0 amide bonds. The van der Waals surface area contributed by atoms with E-state index in [1.165, 1.54) is 11.5 Å². The van der Waals surface area contributed by atoms with Gasteiger partial charge in [-0.25, -0.2) is 4.98 Å². The molecule has 1 N–H and O–H groups in total. The first-order valence-corrected chi connectivity index (χ1v) is 8.43. The fourth-order valence-corrected chi connectivity index (χ4v) is 3.51. The number of para-hydroxylation sites is 1. The normalized spacial score (nSPS) is 11.9. The summed E-state index contributed by atoms with van der Waals surface area (Å²) >= 11 is 2.91. The van der Waals surface area contributed by atoms with Crippen LogP contribution in [-0.2, 0) is 4.79 Å². The quantitative estimate of drug-likeness (QED) is 0.740. The number of allylic oxidation sites excluding steroid dienone is 1. The predicted octanol–water partition coefficient (Wildman–Crippen LogP) is 3.94. The van der Waals surface area contributed by atoms with E-state index in [0.717, 1.165) is 26.5 Å². The third-order valence-electron chi connectivity index (χ3n) is 3.10. The fourth-order valence-electron chi connectivity index (χ4n) is 2.09. The minimum atomic E-state index is -0.779. The average Bonchev–Trinajstić information content (AvgIpc) is 3.14. The summed E-state index contributed by atoms with van der Waals surface area (Å²) in [6, 6.07) is 7.97. The first-order chi connectivity index (χ1) is 10.7. The highest BCUT2D eigenvalue weighted by molar-refractivity contribution is 7.19. The third-order valence-corrected chi connectivity index (χ3v) is 4.74. The summed E-state index contributed by atoms with van der Waals surface area (Å²) in [6.45, 7) is 0. The van der Waals surface area contributed by atoms with Gasteiger partial charge >= 0.3 is 5.97 Å². The lowest BCUT2D eigenvalue weighted by molar-refractivity contribution is -0.137. The Morgan fingerprint density at radius 3 is 2.86 bits per heavy atom. The predicted molar refractivity (Wildman–Crippen MR) is 88.9 cm³/mol. The Labute approximate surface area is 135 Å². The Morgan fingerprint density at radius 2 is 2.14 bits per heavy atom. The molecule has 2 heterocycles. The molecule has 0 fully saturated rings. The summed E-state index contributed by atoms with van der Waals surface area (Å²) < 4.78 is 4.98. The van der Waals surface area contributed by atoms with Crippen LogP contribution < -0.4 is 0 Å². The molecule has 5 nitrogen and oxygen atoms in total. The average molecular weight is 331 g/mol. The number of hydrogen-bond acceptors (Lipinski definition) is 6. The standard InChI is InChI=1S/C15H13N3O2S2/c19-14(20)7-3-4-10(8-11-9-21-18-17-11)15-16-12-5-1-2-6-13(12)22-15/h1-2,5-6,8-9H,3-4,7H2,(H,19,20)/b10-8-. The van der Waals surface area contributed by atoms with Crippen molar-refractivity contribution in [2.24, 2.45) is 0 Å². The van der Waals surface area contributed by atoms with Gasteiger partial charge in [0.1, 0.15) is 5.01 Å². The van der Waals surface area contributed by atoms with Crippen LogP contribution in [0.5, 0.6) is 0 Å². The molecule has 3 aromatic rings. The Bertz CT molecular complexity index is 776. The Hall–Kier alpha value is -2.12. The SMILES string of the molecule is O=C(O)CCC/C(=C/c1csnn1)c1nc2ccccc2s1. The van der Waals surface area contributed by atoms with Gasteiger partial charge in [0.2, 0.25) is 0 Å². The van der Waals surface area contributed by atoms with Gasteiger partial charge in [-0.1, -0.05) is 16.6 Å². The highest BCUT2D eigenvalue weighted by Gasteiger charge is 2.10. The number of aliphatic carboxylic acids is 1. The van der Waals surface area contributed by atoms with Gasteiger partial charge in [0.05, 0.1) is 15.9 Å². The second kappa shape index (κ2) is 6.76. The zero-order valence-electron chi connectivity index (χ0n) is 11.6. The van der Waals surface area contributed by atoms with Crippen LogP contribution in [0, 0.1) is 0 Å². The van der Waals surface area contributed by atoms with Crippen molar-refractivity contribution in [1.82, 2.24) is 14.6 Å². The molecule has 0 unspecified atom stereocenters. The second-order valence-corrected chi connectivity index (χ2v) is 6.37. The van der Waals surface area contributed by atoms with Crippen LogP contribution in [0.3, 0.4) is 0 Å². The van der Waals surface area contributed by atoms with Crippen LogP contribution >= 0.6 is 22.9 Å². The number of hydrogen-bond donors (Lipinski definition) is 1. The van der Waals surface area contributed by atoms with E-state index >= 15 is 0 Å². The minimum absolute atomic E-state index is 0.150. The van der Waals surface area contributed by atoms with E-state index in [-0.39, 0.29) is 6.42 Å². The van der Waals surface area contributed by atoms with Crippen LogP contribution in [0.2, 0.25) is 0 Å². The molecule has 0 bridgehead atoms. The lowest BCUT2D eigenvalue weighted by atomic mass is 10.1. The summed E-state index contributed by atoms with van der Waals surface area (Å²) in [6.07, 6.45) is 3.33. The molecule has 2 aromatic heterocycles. The number of carbonyl (C=O) groups is 1. The van der Waals surface area contributed by atoms with Gasteiger partial charge in [-0.3, -0.25) is 4.79 Å². The van der Waals surface area contributed by atoms with E-state index < -0.39 is 5.97 Å². The van der Waals surface area contributed by atoms with Gasteiger partial charge in [0, 0.05) is 11.8 Å². The minimum Gasteiger partial charge on any atom is -0.481 e. The summed E-state index contributed by atoms with van der Waals surface area (Å²) in [5.74, 6) is -0.779. The smallest absolute Gasteiger partial charge is 0.303 e. The van der Waals surface area contributed by atoms with Crippen molar-refractivity contribution >= 4 is 50.7 Å². The number of thiazole rings is 1. The van der Waals surface area contributed by atoms with Gasteiger partial charge in [-0.05, 0) is 48.2 Å². The maximum absolute atomic E-state index is 10.7. The Balaban J connectivity index is 1.91. The van der Waals surface area contributed by atoms with Crippen molar-refractivity contribution < 1.29 is 9.90 Å². The van der Waals surface area contributed by atoms with Crippen molar-refractivity contribution in [3.63, 3.8) is 0 Å². The molecule has 0 spiro atoms. The summed E-state index contributed by atoms with van der Waals surface area (Å²) in [4.78, 5) is 15.4. The second-order valence-electron chi connectivity index (χ2n) is 4.73. The van der Waals surface area contributed by atoms with Crippen LogP contribution in [0.4, 0.5) is 0 Å². The lowest BCUT2D eigenvalue weighted by Crippen LogP contribution is -1.94. The van der Waals surface area contributed by atoms with E-state index in [9.17, 15) is 4.79 Å². The van der Waals surface area contributed by atoms with E-state index in [1.807, 2.05) is 35.7 Å².